The summed E-state index contributed by atoms with van der Waals surface area (Å²) in [7, 11) is 0. The lowest BCUT2D eigenvalue weighted by Gasteiger charge is -2.10. The van der Waals surface area contributed by atoms with Crippen LogP contribution in [0.25, 0.3) is 0 Å². The average molecular weight is 361 g/mol. The molecule has 0 atom stereocenters. The largest absolute Gasteiger partial charge is 0.484 e. The van der Waals surface area contributed by atoms with Crippen LogP contribution in [0, 0.1) is 0 Å². The van der Waals surface area contributed by atoms with Gasteiger partial charge in [0.1, 0.15) is 11.6 Å². The third-order valence-corrected chi connectivity index (χ3v) is 3.00. The highest BCUT2D eigenvalue weighted by atomic mass is 79.9. The van der Waals surface area contributed by atoms with Gasteiger partial charge in [0, 0.05) is 17.2 Å². The van der Waals surface area contributed by atoms with Gasteiger partial charge in [-0.15, -0.1) is 0 Å². The van der Waals surface area contributed by atoms with Crippen molar-refractivity contribution in [2.75, 3.05) is 11.9 Å². The Labute approximate surface area is 128 Å². The van der Waals surface area contributed by atoms with Crippen molar-refractivity contribution in [2.45, 2.75) is 12.7 Å². The molecule has 1 N–H and O–H groups in total. The molecule has 0 fully saturated rings. The van der Waals surface area contributed by atoms with Gasteiger partial charge in [0.25, 0.3) is 0 Å². The zero-order valence-corrected chi connectivity index (χ0v) is 12.4. The maximum absolute atomic E-state index is 12.0. The van der Waals surface area contributed by atoms with Gasteiger partial charge in [-0.05, 0) is 45.8 Å². The predicted molar refractivity (Wildman–Crippen MR) is 77.3 cm³/mol. The first-order valence-electron chi connectivity index (χ1n) is 6.06. The summed E-state index contributed by atoms with van der Waals surface area (Å²) < 4.78 is 41.6. The lowest BCUT2D eigenvalue weighted by Crippen LogP contribution is -2.19. The van der Waals surface area contributed by atoms with Gasteiger partial charge in [0.05, 0.1) is 0 Å². The lowest BCUT2D eigenvalue weighted by molar-refractivity contribution is -0.153. The van der Waals surface area contributed by atoms with E-state index >= 15 is 0 Å². The second-order valence-electron chi connectivity index (χ2n) is 4.26. The summed E-state index contributed by atoms with van der Waals surface area (Å²) >= 11 is 3.29. The molecule has 0 aliphatic heterocycles. The standard InChI is InChI=1S/C14H12BrF3N2O/c15-11-3-6-13(20-8-11)19-7-10-1-4-12(5-2-10)21-9-14(16,17)18/h1-6,8H,7,9H2,(H,19,20). The number of nitrogens with one attached hydrogen (secondary N) is 1. The van der Waals surface area contributed by atoms with E-state index in [1.807, 2.05) is 12.1 Å². The number of anilines is 1. The fraction of sp³-hybridized carbons (Fsp3) is 0.214. The van der Waals surface area contributed by atoms with Crippen molar-refractivity contribution >= 4 is 21.7 Å². The molecule has 21 heavy (non-hydrogen) atoms. The number of pyridine rings is 1. The fourth-order valence-electron chi connectivity index (χ4n) is 1.54. The van der Waals surface area contributed by atoms with E-state index < -0.39 is 12.8 Å². The molecule has 0 unspecified atom stereocenters. The monoisotopic (exact) mass is 360 g/mol. The summed E-state index contributed by atoms with van der Waals surface area (Å²) in [6, 6.07) is 10.1. The number of benzene rings is 1. The molecule has 1 aromatic heterocycles. The van der Waals surface area contributed by atoms with Gasteiger partial charge < -0.3 is 10.1 Å². The molecule has 0 amide bonds. The number of alkyl halides is 3. The van der Waals surface area contributed by atoms with Crippen LogP contribution >= 0.6 is 15.9 Å². The molecular weight excluding hydrogens is 349 g/mol. The van der Waals surface area contributed by atoms with Crippen molar-refractivity contribution in [1.82, 2.24) is 4.98 Å². The van der Waals surface area contributed by atoms with E-state index in [9.17, 15) is 13.2 Å². The van der Waals surface area contributed by atoms with Crippen LogP contribution in [0.2, 0.25) is 0 Å². The van der Waals surface area contributed by atoms with E-state index in [-0.39, 0.29) is 5.75 Å². The Kier molecular flexibility index (Phi) is 5.06. The summed E-state index contributed by atoms with van der Waals surface area (Å²) in [6.45, 7) is -0.762. The molecule has 0 saturated heterocycles. The van der Waals surface area contributed by atoms with Crippen LogP contribution in [-0.4, -0.2) is 17.8 Å². The molecule has 3 nitrogen and oxygen atoms in total. The van der Waals surface area contributed by atoms with Crippen molar-refractivity contribution in [3.05, 3.63) is 52.6 Å². The van der Waals surface area contributed by atoms with Crippen LogP contribution in [0.15, 0.2) is 47.1 Å². The zero-order valence-electron chi connectivity index (χ0n) is 10.8. The van der Waals surface area contributed by atoms with Crippen LogP contribution in [0.4, 0.5) is 19.0 Å². The van der Waals surface area contributed by atoms with Crippen LogP contribution in [0.1, 0.15) is 5.56 Å². The highest BCUT2D eigenvalue weighted by Gasteiger charge is 2.28. The molecule has 0 aliphatic rings. The van der Waals surface area contributed by atoms with E-state index in [4.69, 9.17) is 0 Å². The van der Waals surface area contributed by atoms with Crippen molar-refractivity contribution in [2.24, 2.45) is 0 Å². The first-order chi connectivity index (χ1) is 9.92. The van der Waals surface area contributed by atoms with Gasteiger partial charge in [-0.2, -0.15) is 13.2 Å². The first-order valence-corrected chi connectivity index (χ1v) is 6.85. The number of rotatable bonds is 5. The molecule has 0 spiro atoms. The third kappa shape index (κ3) is 5.63. The summed E-state index contributed by atoms with van der Waals surface area (Å²) in [5.74, 6) is 0.911. The van der Waals surface area contributed by atoms with Crippen molar-refractivity contribution in [3.63, 3.8) is 0 Å². The maximum atomic E-state index is 12.0. The minimum Gasteiger partial charge on any atom is -0.484 e. The van der Waals surface area contributed by atoms with E-state index in [0.29, 0.717) is 6.54 Å². The predicted octanol–water partition coefficient (Wildman–Crippen LogP) is 4.40. The van der Waals surface area contributed by atoms with Gasteiger partial charge in [-0.3, -0.25) is 0 Å². The smallest absolute Gasteiger partial charge is 0.422 e. The van der Waals surface area contributed by atoms with Gasteiger partial charge in [0.15, 0.2) is 6.61 Å². The van der Waals surface area contributed by atoms with Crippen LogP contribution in [-0.2, 0) is 6.54 Å². The van der Waals surface area contributed by atoms with Crippen molar-refractivity contribution in [1.29, 1.82) is 0 Å². The Morgan fingerprint density at radius 3 is 2.38 bits per heavy atom. The second-order valence-corrected chi connectivity index (χ2v) is 5.18. The quantitative estimate of drug-likeness (QED) is 0.858. The molecule has 2 aromatic rings. The minimum atomic E-state index is -4.33. The third-order valence-electron chi connectivity index (χ3n) is 2.53. The Hall–Kier alpha value is -1.76. The van der Waals surface area contributed by atoms with E-state index in [2.05, 4.69) is 31.0 Å². The minimum absolute atomic E-state index is 0.192. The molecular formula is C14H12BrF3N2O. The second kappa shape index (κ2) is 6.80. The number of nitrogens with zero attached hydrogens (tertiary/aromatic N) is 1. The molecule has 2 rings (SSSR count). The van der Waals surface area contributed by atoms with Crippen molar-refractivity contribution in [3.8, 4) is 5.75 Å². The summed E-state index contributed by atoms with van der Waals surface area (Å²) in [6.07, 6.45) is -2.65. The Morgan fingerprint density at radius 1 is 1.10 bits per heavy atom. The van der Waals surface area contributed by atoms with Gasteiger partial charge in [-0.25, -0.2) is 4.98 Å². The van der Waals surface area contributed by atoms with Crippen LogP contribution in [0.5, 0.6) is 5.75 Å². The first kappa shape index (κ1) is 15.6. The van der Waals surface area contributed by atoms with Gasteiger partial charge in [-0.1, -0.05) is 12.1 Å². The Balaban J connectivity index is 1.86. The maximum Gasteiger partial charge on any atom is 0.422 e. The molecule has 0 radical (unpaired) electrons. The lowest BCUT2D eigenvalue weighted by atomic mass is 10.2. The normalized spacial score (nSPS) is 11.2. The number of hydrogen-bond donors (Lipinski definition) is 1. The van der Waals surface area contributed by atoms with Gasteiger partial charge in [0.2, 0.25) is 0 Å². The van der Waals surface area contributed by atoms with Crippen LogP contribution < -0.4 is 10.1 Å². The molecule has 112 valence electrons. The Bertz CT molecular complexity index is 570. The summed E-state index contributed by atoms with van der Waals surface area (Å²) in [5, 5.41) is 3.11. The molecule has 1 heterocycles. The topological polar surface area (TPSA) is 34.1 Å². The highest BCUT2D eigenvalue weighted by molar-refractivity contribution is 9.10. The Morgan fingerprint density at radius 2 is 1.81 bits per heavy atom. The van der Waals surface area contributed by atoms with Crippen LogP contribution in [0.3, 0.4) is 0 Å². The molecule has 0 saturated carbocycles. The van der Waals surface area contributed by atoms with Gasteiger partial charge >= 0.3 is 6.18 Å². The molecule has 1 aromatic carbocycles. The van der Waals surface area contributed by atoms with E-state index in [0.717, 1.165) is 15.9 Å². The molecule has 0 aliphatic carbocycles. The number of halogens is 4. The average Bonchev–Trinajstić information content (AvgIpc) is 2.45. The number of hydrogen-bond acceptors (Lipinski definition) is 3. The van der Waals surface area contributed by atoms with E-state index in [1.54, 1.807) is 18.3 Å². The van der Waals surface area contributed by atoms with Crippen molar-refractivity contribution < 1.29 is 17.9 Å². The number of ether oxygens (including phenoxy) is 1. The van der Waals surface area contributed by atoms with E-state index in [1.165, 1.54) is 12.1 Å². The highest BCUT2D eigenvalue weighted by Crippen LogP contribution is 2.19. The number of aromatic nitrogens is 1. The fourth-order valence-corrected chi connectivity index (χ4v) is 1.78. The SMILES string of the molecule is FC(F)(F)COc1ccc(CNc2ccc(Br)cn2)cc1. The zero-order chi connectivity index (χ0) is 15.3. The molecule has 0 bridgehead atoms. The molecule has 7 heteroatoms. The summed E-state index contributed by atoms with van der Waals surface area (Å²) in [5.41, 5.74) is 0.916. The summed E-state index contributed by atoms with van der Waals surface area (Å²) in [4.78, 5) is 4.16.